The summed E-state index contributed by atoms with van der Waals surface area (Å²) in [6.45, 7) is 6.44. The van der Waals surface area contributed by atoms with Gasteiger partial charge in [-0.1, -0.05) is 13.8 Å². The van der Waals surface area contributed by atoms with Crippen molar-refractivity contribution < 1.29 is 4.74 Å². The van der Waals surface area contributed by atoms with Crippen molar-refractivity contribution in [3.8, 4) is 5.75 Å². The van der Waals surface area contributed by atoms with E-state index in [1.165, 1.54) is 35.9 Å². The molecule has 0 radical (unpaired) electrons. The Kier molecular flexibility index (Phi) is 3.70. The van der Waals surface area contributed by atoms with E-state index in [0.717, 1.165) is 12.4 Å². The van der Waals surface area contributed by atoms with Crippen LogP contribution < -0.4 is 4.74 Å². The van der Waals surface area contributed by atoms with E-state index in [1.807, 2.05) is 0 Å². The third-order valence-corrected chi connectivity index (χ3v) is 4.42. The quantitative estimate of drug-likeness (QED) is 0.917. The molecule has 1 aliphatic rings. The van der Waals surface area contributed by atoms with E-state index < -0.39 is 0 Å². The first-order chi connectivity index (χ1) is 9.65. The first-order valence-corrected chi connectivity index (χ1v) is 7.59. The van der Waals surface area contributed by atoms with Gasteiger partial charge in [-0.15, -0.1) is 0 Å². The second-order valence-electron chi connectivity index (χ2n) is 6.19. The predicted octanol–water partition coefficient (Wildman–Crippen LogP) is 3.76. The highest BCUT2D eigenvalue weighted by molar-refractivity contribution is 5.84. The van der Waals surface area contributed by atoms with Gasteiger partial charge in [-0.3, -0.25) is 0 Å². The highest BCUT2D eigenvalue weighted by Crippen LogP contribution is 2.28. The van der Waals surface area contributed by atoms with E-state index >= 15 is 0 Å². The van der Waals surface area contributed by atoms with Gasteiger partial charge in [0, 0.05) is 29.2 Å². The zero-order chi connectivity index (χ0) is 14.1. The summed E-state index contributed by atoms with van der Waals surface area (Å²) in [7, 11) is 2.18. The van der Waals surface area contributed by atoms with Crippen LogP contribution in [0.1, 0.15) is 38.2 Å². The maximum Gasteiger partial charge on any atom is 0.121 e. The van der Waals surface area contributed by atoms with Gasteiger partial charge in [0.1, 0.15) is 12.4 Å². The van der Waals surface area contributed by atoms with E-state index in [9.17, 15) is 0 Å². The molecule has 3 heteroatoms. The third-order valence-electron chi connectivity index (χ3n) is 4.42. The largest absolute Gasteiger partial charge is 0.492 e. The van der Waals surface area contributed by atoms with Gasteiger partial charge in [-0.05, 0) is 50.0 Å². The summed E-state index contributed by atoms with van der Waals surface area (Å²) >= 11 is 0. The van der Waals surface area contributed by atoms with Crippen LogP contribution >= 0.6 is 0 Å². The van der Waals surface area contributed by atoms with Crippen molar-refractivity contribution in [2.75, 3.05) is 20.2 Å². The molecule has 1 saturated heterocycles. The first kappa shape index (κ1) is 13.5. The molecule has 1 aromatic carbocycles. The van der Waals surface area contributed by atoms with E-state index in [1.54, 1.807) is 0 Å². The summed E-state index contributed by atoms with van der Waals surface area (Å²) in [4.78, 5) is 5.75. The number of ether oxygens (including phenoxy) is 1. The molecule has 0 spiro atoms. The molecule has 20 heavy (non-hydrogen) atoms. The van der Waals surface area contributed by atoms with Crippen LogP contribution in [-0.4, -0.2) is 36.1 Å². The molecule has 1 aromatic heterocycles. The highest BCUT2D eigenvalue weighted by Gasteiger charge is 2.21. The average molecular weight is 272 g/mol. The van der Waals surface area contributed by atoms with Gasteiger partial charge >= 0.3 is 0 Å². The fourth-order valence-electron chi connectivity index (χ4n) is 3.08. The number of aromatic amines is 1. The number of hydrogen-bond acceptors (Lipinski definition) is 2. The van der Waals surface area contributed by atoms with Crippen molar-refractivity contribution in [3.63, 3.8) is 0 Å². The minimum Gasteiger partial charge on any atom is -0.492 e. The fraction of sp³-hybridized carbons (Fsp3) is 0.529. The molecule has 1 atom stereocenters. The molecular weight excluding hydrogens is 248 g/mol. The summed E-state index contributed by atoms with van der Waals surface area (Å²) in [5.74, 6) is 1.51. The number of likely N-dealkylation sites (tertiary alicyclic amines) is 1. The molecule has 3 rings (SSSR count). The summed E-state index contributed by atoms with van der Waals surface area (Å²) in [5, 5.41) is 1.31. The number of benzene rings is 1. The van der Waals surface area contributed by atoms with Crippen LogP contribution in [0.4, 0.5) is 0 Å². The molecule has 2 aromatic rings. The second kappa shape index (κ2) is 5.49. The fourth-order valence-corrected chi connectivity index (χ4v) is 3.08. The number of nitrogens with one attached hydrogen (secondary N) is 1. The maximum absolute atomic E-state index is 5.98. The monoisotopic (exact) mass is 272 g/mol. The molecule has 1 fully saturated rings. The van der Waals surface area contributed by atoms with Gasteiger partial charge in [-0.2, -0.15) is 0 Å². The van der Waals surface area contributed by atoms with Gasteiger partial charge in [0.25, 0.3) is 0 Å². The Hall–Kier alpha value is -1.48. The average Bonchev–Trinajstić information content (AvgIpc) is 3.02. The van der Waals surface area contributed by atoms with Gasteiger partial charge in [-0.25, -0.2) is 0 Å². The van der Waals surface area contributed by atoms with Crippen molar-refractivity contribution in [2.45, 2.75) is 38.6 Å². The molecule has 1 N–H and O–H groups in total. The van der Waals surface area contributed by atoms with Gasteiger partial charge < -0.3 is 14.6 Å². The highest BCUT2D eigenvalue weighted by atomic mass is 16.5. The molecule has 0 aliphatic carbocycles. The Morgan fingerprint density at radius 2 is 2.25 bits per heavy atom. The van der Waals surface area contributed by atoms with Gasteiger partial charge in [0.15, 0.2) is 0 Å². The Labute approximate surface area is 120 Å². The third kappa shape index (κ3) is 2.55. The minimum atomic E-state index is 0.544. The topological polar surface area (TPSA) is 28.3 Å². The lowest BCUT2D eigenvalue weighted by Gasteiger charge is -2.19. The van der Waals surface area contributed by atoms with Crippen LogP contribution in [-0.2, 0) is 0 Å². The second-order valence-corrected chi connectivity index (χ2v) is 6.19. The zero-order valence-corrected chi connectivity index (χ0v) is 12.6. The number of aromatic nitrogens is 1. The van der Waals surface area contributed by atoms with Crippen molar-refractivity contribution in [1.82, 2.24) is 9.88 Å². The number of H-pyrrole nitrogens is 1. The Morgan fingerprint density at radius 3 is 2.95 bits per heavy atom. The summed E-state index contributed by atoms with van der Waals surface area (Å²) < 4.78 is 5.98. The molecule has 108 valence electrons. The lowest BCUT2D eigenvalue weighted by Crippen LogP contribution is -2.30. The van der Waals surface area contributed by atoms with Crippen LogP contribution in [0.15, 0.2) is 24.4 Å². The van der Waals surface area contributed by atoms with E-state index in [-0.39, 0.29) is 0 Å². The standard InChI is InChI=1S/C17H24N2O/c1-12(2)16-10-18-17-9-14(6-7-15(16)17)20-11-13-5-4-8-19(13)3/h6-7,9-10,12-13,18H,4-5,8,11H2,1-3H3. The smallest absolute Gasteiger partial charge is 0.121 e. The molecule has 0 saturated carbocycles. The molecule has 1 aliphatic heterocycles. The van der Waals surface area contributed by atoms with Crippen LogP contribution in [0, 0.1) is 0 Å². The van der Waals surface area contributed by atoms with Crippen molar-refractivity contribution >= 4 is 10.9 Å². The number of likely N-dealkylation sites (N-methyl/N-ethyl adjacent to an activating group) is 1. The van der Waals surface area contributed by atoms with Gasteiger partial charge in [0.05, 0.1) is 0 Å². The van der Waals surface area contributed by atoms with Crippen LogP contribution in [0.2, 0.25) is 0 Å². The predicted molar refractivity (Wildman–Crippen MR) is 83.5 cm³/mol. The SMILES string of the molecule is CC(C)c1c[nH]c2cc(OCC3CCCN3C)ccc12. The lowest BCUT2D eigenvalue weighted by molar-refractivity contribution is 0.198. The zero-order valence-electron chi connectivity index (χ0n) is 12.6. The van der Waals surface area contributed by atoms with E-state index in [0.29, 0.717) is 12.0 Å². The molecule has 3 nitrogen and oxygen atoms in total. The van der Waals surface area contributed by atoms with Crippen molar-refractivity contribution in [2.24, 2.45) is 0 Å². The Morgan fingerprint density at radius 1 is 1.40 bits per heavy atom. The summed E-state index contributed by atoms with van der Waals surface area (Å²) in [6, 6.07) is 6.96. The molecular formula is C17H24N2O. The summed E-state index contributed by atoms with van der Waals surface area (Å²) in [6.07, 6.45) is 4.65. The van der Waals surface area contributed by atoms with Crippen molar-refractivity contribution in [3.05, 3.63) is 30.0 Å². The van der Waals surface area contributed by atoms with Crippen molar-refractivity contribution in [1.29, 1.82) is 0 Å². The Balaban J connectivity index is 1.73. The summed E-state index contributed by atoms with van der Waals surface area (Å²) in [5.41, 5.74) is 2.55. The normalized spacial score (nSPS) is 20.1. The number of nitrogens with zero attached hydrogens (tertiary/aromatic N) is 1. The first-order valence-electron chi connectivity index (χ1n) is 7.59. The Bertz CT molecular complexity index is 588. The number of hydrogen-bond donors (Lipinski definition) is 1. The molecule has 0 bridgehead atoms. The van der Waals surface area contributed by atoms with Crippen LogP contribution in [0.25, 0.3) is 10.9 Å². The van der Waals surface area contributed by atoms with Crippen LogP contribution in [0.5, 0.6) is 5.75 Å². The molecule has 2 heterocycles. The molecule has 0 amide bonds. The van der Waals surface area contributed by atoms with E-state index in [2.05, 4.69) is 55.2 Å². The van der Waals surface area contributed by atoms with E-state index in [4.69, 9.17) is 4.74 Å². The minimum absolute atomic E-state index is 0.544. The van der Waals surface area contributed by atoms with Gasteiger partial charge in [0.2, 0.25) is 0 Å². The lowest BCUT2D eigenvalue weighted by atomic mass is 10.0. The molecule has 1 unspecified atom stereocenters. The van der Waals surface area contributed by atoms with Crippen LogP contribution in [0.3, 0.4) is 0 Å². The number of rotatable bonds is 4. The maximum atomic E-state index is 5.98. The number of fused-ring (bicyclic) bond motifs is 1.